The van der Waals surface area contributed by atoms with Crippen LogP contribution in [-0.2, 0) is 20.7 Å². The molecule has 0 saturated carbocycles. The van der Waals surface area contributed by atoms with Crippen LogP contribution in [0.4, 0.5) is 0 Å². The highest BCUT2D eigenvalue weighted by Gasteiger charge is 2.16. The minimum atomic E-state index is -0.403. The van der Waals surface area contributed by atoms with Crippen LogP contribution in [0.3, 0.4) is 0 Å². The molecule has 0 fully saturated rings. The van der Waals surface area contributed by atoms with E-state index in [2.05, 4.69) is 4.74 Å². The molecule has 0 radical (unpaired) electrons. The highest BCUT2D eigenvalue weighted by atomic mass is 16.5. The second-order valence-corrected chi connectivity index (χ2v) is 4.52. The van der Waals surface area contributed by atoms with E-state index in [1.54, 1.807) is 0 Å². The first-order valence-corrected chi connectivity index (χ1v) is 7.17. The Bertz CT molecular complexity index is 473. The van der Waals surface area contributed by atoms with Gasteiger partial charge in [-0.2, -0.15) is 0 Å². The number of aryl methyl sites for hydroxylation is 1. The zero-order valence-corrected chi connectivity index (χ0v) is 12.9. The maximum Gasteiger partial charge on any atom is 0.325 e. The topological polar surface area (TPSA) is 55.8 Å². The number of amides is 1. The molecule has 0 saturated heterocycles. The first kappa shape index (κ1) is 17.0. The van der Waals surface area contributed by atoms with Gasteiger partial charge in [-0.05, 0) is 31.9 Å². The van der Waals surface area contributed by atoms with Crippen molar-refractivity contribution in [3.8, 4) is 5.75 Å². The fourth-order valence-electron chi connectivity index (χ4n) is 2.00. The van der Waals surface area contributed by atoms with Gasteiger partial charge in [0.1, 0.15) is 12.3 Å². The summed E-state index contributed by atoms with van der Waals surface area (Å²) in [5.74, 6) is 0.345. The Kier molecular flexibility index (Phi) is 7.29. The largest absolute Gasteiger partial charge is 0.494 e. The van der Waals surface area contributed by atoms with E-state index in [0.717, 1.165) is 11.3 Å². The van der Waals surface area contributed by atoms with Crippen LogP contribution >= 0.6 is 0 Å². The molecule has 0 aromatic heterocycles. The molecule has 0 unspecified atom stereocenters. The SMILES string of the molecule is CCOc1ccccc1CCC(=O)N(CC)CC(=O)OC. The van der Waals surface area contributed by atoms with E-state index < -0.39 is 5.97 Å². The third-order valence-corrected chi connectivity index (χ3v) is 3.16. The summed E-state index contributed by atoms with van der Waals surface area (Å²) in [6.45, 7) is 4.85. The molecule has 0 aliphatic carbocycles. The highest BCUT2D eigenvalue weighted by Crippen LogP contribution is 2.19. The predicted molar refractivity (Wildman–Crippen MR) is 80.2 cm³/mol. The van der Waals surface area contributed by atoms with E-state index in [4.69, 9.17) is 4.74 Å². The Morgan fingerprint density at radius 2 is 1.90 bits per heavy atom. The monoisotopic (exact) mass is 293 g/mol. The molecular weight excluding hydrogens is 270 g/mol. The van der Waals surface area contributed by atoms with Gasteiger partial charge in [-0.25, -0.2) is 0 Å². The van der Waals surface area contributed by atoms with Gasteiger partial charge in [-0.1, -0.05) is 18.2 Å². The standard InChI is InChI=1S/C16H23NO4/c1-4-17(12-16(19)20-3)15(18)11-10-13-8-6-7-9-14(13)21-5-2/h6-9H,4-5,10-12H2,1-3H3. The summed E-state index contributed by atoms with van der Waals surface area (Å²) in [5.41, 5.74) is 1.00. The maximum atomic E-state index is 12.1. The third kappa shape index (κ3) is 5.45. The van der Waals surface area contributed by atoms with Gasteiger partial charge in [0.25, 0.3) is 0 Å². The first-order valence-electron chi connectivity index (χ1n) is 7.17. The average molecular weight is 293 g/mol. The summed E-state index contributed by atoms with van der Waals surface area (Å²) in [6.07, 6.45) is 0.932. The quantitative estimate of drug-likeness (QED) is 0.688. The maximum absolute atomic E-state index is 12.1. The molecule has 0 heterocycles. The lowest BCUT2D eigenvalue weighted by atomic mass is 10.1. The van der Waals surface area contributed by atoms with Gasteiger partial charge in [-0.15, -0.1) is 0 Å². The average Bonchev–Trinajstić information content (AvgIpc) is 2.51. The summed E-state index contributed by atoms with van der Waals surface area (Å²) in [6, 6.07) is 7.69. The number of esters is 1. The van der Waals surface area contributed by atoms with E-state index in [9.17, 15) is 9.59 Å². The molecule has 0 spiro atoms. The van der Waals surface area contributed by atoms with E-state index in [-0.39, 0.29) is 12.5 Å². The molecular formula is C16H23NO4. The Morgan fingerprint density at radius 1 is 1.19 bits per heavy atom. The van der Waals surface area contributed by atoms with E-state index in [1.165, 1.54) is 12.0 Å². The Hall–Kier alpha value is -2.04. The number of hydrogen-bond acceptors (Lipinski definition) is 4. The Morgan fingerprint density at radius 3 is 2.52 bits per heavy atom. The number of carbonyl (C=O) groups is 2. The molecule has 1 aromatic carbocycles. The van der Waals surface area contributed by atoms with Gasteiger partial charge in [0.15, 0.2) is 0 Å². The summed E-state index contributed by atoms with van der Waals surface area (Å²) >= 11 is 0. The molecule has 1 amide bonds. The number of ether oxygens (including phenoxy) is 2. The fraction of sp³-hybridized carbons (Fsp3) is 0.500. The molecule has 0 aliphatic heterocycles. The highest BCUT2D eigenvalue weighted by molar-refractivity contribution is 5.82. The number of carbonyl (C=O) groups excluding carboxylic acids is 2. The summed E-state index contributed by atoms with van der Waals surface area (Å²) < 4.78 is 10.1. The third-order valence-electron chi connectivity index (χ3n) is 3.16. The lowest BCUT2D eigenvalue weighted by Gasteiger charge is -2.19. The first-order chi connectivity index (χ1) is 10.1. The number of methoxy groups -OCH3 is 1. The van der Waals surface area contributed by atoms with Gasteiger partial charge in [0, 0.05) is 13.0 Å². The normalized spacial score (nSPS) is 10.0. The molecule has 21 heavy (non-hydrogen) atoms. The van der Waals surface area contributed by atoms with Crippen LogP contribution in [0.1, 0.15) is 25.8 Å². The molecule has 1 rings (SSSR count). The lowest BCUT2D eigenvalue weighted by Crippen LogP contribution is -2.36. The van der Waals surface area contributed by atoms with Crippen molar-refractivity contribution in [2.45, 2.75) is 26.7 Å². The van der Waals surface area contributed by atoms with Gasteiger partial charge in [0.05, 0.1) is 13.7 Å². The second-order valence-electron chi connectivity index (χ2n) is 4.52. The van der Waals surface area contributed by atoms with Crippen LogP contribution in [0.25, 0.3) is 0 Å². The van der Waals surface area contributed by atoms with Crippen molar-refractivity contribution in [3.05, 3.63) is 29.8 Å². The minimum absolute atomic E-state index is 0.00105. The van der Waals surface area contributed by atoms with Crippen LogP contribution in [-0.4, -0.2) is 43.6 Å². The molecule has 116 valence electrons. The van der Waals surface area contributed by atoms with Crippen LogP contribution in [0, 0.1) is 0 Å². The van der Waals surface area contributed by atoms with Gasteiger partial charge < -0.3 is 14.4 Å². The molecule has 0 atom stereocenters. The van der Waals surface area contributed by atoms with Crippen molar-refractivity contribution in [2.75, 3.05) is 26.8 Å². The fourth-order valence-corrected chi connectivity index (χ4v) is 2.00. The summed E-state index contributed by atoms with van der Waals surface area (Å²) in [4.78, 5) is 24.9. The number of rotatable bonds is 8. The van der Waals surface area contributed by atoms with Gasteiger partial charge in [0.2, 0.25) is 5.91 Å². The number of likely N-dealkylation sites (N-methyl/N-ethyl adjacent to an activating group) is 1. The Labute approximate surface area is 125 Å². The van der Waals surface area contributed by atoms with E-state index in [1.807, 2.05) is 38.1 Å². The molecule has 0 bridgehead atoms. The number of para-hydroxylation sites is 1. The lowest BCUT2D eigenvalue weighted by molar-refractivity contribution is -0.146. The van der Waals surface area contributed by atoms with E-state index >= 15 is 0 Å². The van der Waals surface area contributed by atoms with Crippen LogP contribution < -0.4 is 4.74 Å². The molecule has 5 nitrogen and oxygen atoms in total. The predicted octanol–water partition coefficient (Wildman–Crippen LogP) is 2.04. The van der Waals surface area contributed by atoms with Crippen molar-refractivity contribution < 1.29 is 19.1 Å². The zero-order chi connectivity index (χ0) is 15.7. The van der Waals surface area contributed by atoms with E-state index in [0.29, 0.717) is 26.0 Å². The summed E-state index contributed by atoms with van der Waals surface area (Å²) in [5, 5.41) is 0. The number of hydrogen-bond donors (Lipinski definition) is 0. The molecule has 0 aliphatic rings. The number of benzene rings is 1. The van der Waals surface area contributed by atoms with Crippen molar-refractivity contribution >= 4 is 11.9 Å². The van der Waals surface area contributed by atoms with Crippen LogP contribution in [0.15, 0.2) is 24.3 Å². The smallest absolute Gasteiger partial charge is 0.325 e. The molecule has 1 aromatic rings. The van der Waals surface area contributed by atoms with Crippen LogP contribution in [0.2, 0.25) is 0 Å². The second kappa shape index (κ2) is 9.00. The van der Waals surface area contributed by atoms with Gasteiger partial charge in [-0.3, -0.25) is 9.59 Å². The minimum Gasteiger partial charge on any atom is -0.494 e. The van der Waals surface area contributed by atoms with Crippen molar-refractivity contribution in [2.24, 2.45) is 0 Å². The van der Waals surface area contributed by atoms with Crippen molar-refractivity contribution in [3.63, 3.8) is 0 Å². The van der Waals surface area contributed by atoms with Crippen molar-refractivity contribution in [1.29, 1.82) is 0 Å². The Balaban J connectivity index is 2.61. The molecule has 5 heteroatoms. The van der Waals surface area contributed by atoms with Crippen LogP contribution in [0.5, 0.6) is 5.75 Å². The summed E-state index contributed by atoms with van der Waals surface area (Å²) in [7, 11) is 1.32. The number of nitrogens with zero attached hydrogens (tertiary/aromatic N) is 1. The molecule has 0 N–H and O–H groups in total. The van der Waals surface area contributed by atoms with Gasteiger partial charge >= 0.3 is 5.97 Å². The van der Waals surface area contributed by atoms with Crippen molar-refractivity contribution in [1.82, 2.24) is 4.90 Å². The zero-order valence-electron chi connectivity index (χ0n) is 12.9.